The number of rotatable bonds is 5. The number of benzene rings is 1. The standard InChI is InChI=1S/C15H21BrN2O4/c1-3-18-6-4-5-8(18)7-9-11(16)13(20)10(15(17)21)14(22-2)12(9)19/h8,19-20H,3-7H2,1-2H3,(H2,17,21). The van der Waals surface area contributed by atoms with Gasteiger partial charge >= 0.3 is 0 Å². The molecular weight excluding hydrogens is 352 g/mol. The lowest BCUT2D eigenvalue weighted by Gasteiger charge is -2.24. The van der Waals surface area contributed by atoms with Gasteiger partial charge in [-0.3, -0.25) is 4.79 Å². The molecule has 0 radical (unpaired) electrons. The minimum absolute atomic E-state index is 0.0794. The van der Waals surface area contributed by atoms with Gasteiger partial charge in [-0.1, -0.05) is 6.92 Å². The number of phenolic OH excluding ortho intramolecular Hbond substituents is 1. The van der Waals surface area contributed by atoms with Crippen LogP contribution < -0.4 is 10.5 Å². The molecule has 2 rings (SSSR count). The zero-order chi connectivity index (χ0) is 16.4. The van der Waals surface area contributed by atoms with E-state index >= 15 is 0 Å². The molecule has 7 heteroatoms. The van der Waals surface area contributed by atoms with Gasteiger partial charge in [-0.25, -0.2) is 0 Å². The second kappa shape index (κ2) is 6.75. The van der Waals surface area contributed by atoms with Gasteiger partial charge in [0.15, 0.2) is 11.5 Å². The van der Waals surface area contributed by atoms with E-state index in [1.807, 2.05) is 0 Å². The fourth-order valence-electron chi connectivity index (χ4n) is 3.11. The van der Waals surface area contributed by atoms with E-state index in [1.165, 1.54) is 7.11 Å². The molecule has 1 aliphatic rings. The Labute approximate surface area is 138 Å². The molecule has 1 amide bonds. The highest BCUT2D eigenvalue weighted by molar-refractivity contribution is 9.10. The second-order valence-electron chi connectivity index (χ2n) is 5.39. The van der Waals surface area contributed by atoms with Crippen molar-refractivity contribution in [2.75, 3.05) is 20.2 Å². The number of phenols is 2. The predicted octanol–water partition coefficient (Wildman–Crippen LogP) is 1.99. The van der Waals surface area contributed by atoms with E-state index in [0.717, 1.165) is 25.9 Å². The molecule has 1 unspecified atom stereocenters. The highest BCUT2D eigenvalue weighted by atomic mass is 79.9. The first kappa shape index (κ1) is 16.9. The number of nitrogens with zero attached hydrogens (tertiary/aromatic N) is 1. The number of aromatic hydroxyl groups is 2. The van der Waals surface area contributed by atoms with E-state index in [9.17, 15) is 15.0 Å². The van der Waals surface area contributed by atoms with Crippen molar-refractivity contribution in [1.29, 1.82) is 0 Å². The molecule has 4 N–H and O–H groups in total. The molecular formula is C15H21BrN2O4. The molecule has 0 saturated carbocycles. The molecule has 22 heavy (non-hydrogen) atoms. The molecule has 1 atom stereocenters. The van der Waals surface area contributed by atoms with Gasteiger partial charge in [-0.2, -0.15) is 0 Å². The number of nitrogens with two attached hydrogens (primary N) is 1. The average Bonchev–Trinajstić information content (AvgIpc) is 2.93. The summed E-state index contributed by atoms with van der Waals surface area (Å²) in [6.45, 7) is 4.06. The van der Waals surface area contributed by atoms with Crippen molar-refractivity contribution in [2.24, 2.45) is 5.73 Å². The number of primary amides is 1. The minimum Gasteiger partial charge on any atom is -0.506 e. The minimum atomic E-state index is -0.854. The van der Waals surface area contributed by atoms with Gasteiger partial charge < -0.3 is 25.6 Å². The molecule has 6 nitrogen and oxygen atoms in total. The summed E-state index contributed by atoms with van der Waals surface area (Å²) in [6, 6.07) is 0.288. The Kier molecular flexibility index (Phi) is 5.18. The molecule has 122 valence electrons. The lowest BCUT2D eigenvalue weighted by Crippen LogP contribution is -2.31. The third-order valence-electron chi connectivity index (χ3n) is 4.23. The van der Waals surface area contributed by atoms with Gasteiger partial charge in [0.2, 0.25) is 0 Å². The summed E-state index contributed by atoms with van der Waals surface area (Å²) in [5, 5.41) is 20.7. The number of likely N-dealkylation sites (tertiary alicyclic amines) is 1. The number of hydrogen-bond acceptors (Lipinski definition) is 5. The van der Waals surface area contributed by atoms with Gasteiger partial charge in [0, 0.05) is 11.6 Å². The smallest absolute Gasteiger partial charge is 0.256 e. The molecule has 1 fully saturated rings. The first-order chi connectivity index (χ1) is 10.4. The van der Waals surface area contributed by atoms with Crippen LogP contribution in [0.25, 0.3) is 0 Å². The number of methoxy groups -OCH3 is 1. The van der Waals surface area contributed by atoms with E-state index in [1.54, 1.807) is 0 Å². The lowest BCUT2D eigenvalue weighted by molar-refractivity contribution is 0.0993. The first-order valence-electron chi connectivity index (χ1n) is 7.26. The van der Waals surface area contributed by atoms with Crippen LogP contribution in [0.2, 0.25) is 0 Å². The summed E-state index contributed by atoms with van der Waals surface area (Å²) in [7, 11) is 1.33. The van der Waals surface area contributed by atoms with Crippen molar-refractivity contribution < 1.29 is 19.7 Å². The first-order valence-corrected chi connectivity index (χ1v) is 8.05. The van der Waals surface area contributed by atoms with E-state index in [4.69, 9.17) is 10.5 Å². The molecule has 0 aliphatic carbocycles. The van der Waals surface area contributed by atoms with Crippen LogP contribution in [-0.4, -0.2) is 47.3 Å². The molecule has 1 aliphatic heterocycles. The fraction of sp³-hybridized carbons (Fsp3) is 0.533. The molecule has 1 saturated heterocycles. The second-order valence-corrected chi connectivity index (χ2v) is 6.18. The van der Waals surface area contributed by atoms with Crippen molar-refractivity contribution >= 4 is 21.8 Å². The summed E-state index contributed by atoms with van der Waals surface area (Å²) in [5.74, 6) is -1.38. The number of ether oxygens (including phenoxy) is 1. The summed E-state index contributed by atoms with van der Waals surface area (Å²) in [4.78, 5) is 13.8. The van der Waals surface area contributed by atoms with Crippen molar-refractivity contribution in [3.63, 3.8) is 0 Å². The Balaban J connectivity index is 2.48. The maximum atomic E-state index is 11.5. The Morgan fingerprint density at radius 2 is 2.14 bits per heavy atom. The van der Waals surface area contributed by atoms with Crippen LogP contribution in [0.3, 0.4) is 0 Å². The van der Waals surface area contributed by atoms with Crippen LogP contribution in [0.5, 0.6) is 17.2 Å². The summed E-state index contributed by atoms with van der Waals surface area (Å²) in [6.07, 6.45) is 2.70. The molecule has 0 aromatic heterocycles. The Hall–Kier alpha value is -1.47. The van der Waals surface area contributed by atoms with Crippen LogP contribution in [0.1, 0.15) is 35.7 Å². The number of amides is 1. The zero-order valence-electron chi connectivity index (χ0n) is 12.7. The van der Waals surface area contributed by atoms with E-state index in [2.05, 4.69) is 27.8 Å². The van der Waals surface area contributed by atoms with Gasteiger partial charge in [0.05, 0.1) is 11.6 Å². The fourth-order valence-corrected chi connectivity index (χ4v) is 3.66. The average molecular weight is 373 g/mol. The normalized spacial score (nSPS) is 18.6. The van der Waals surface area contributed by atoms with Crippen molar-refractivity contribution in [2.45, 2.75) is 32.2 Å². The Bertz CT molecular complexity index is 592. The number of carbonyl (C=O) groups excluding carboxylic acids is 1. The van der Waals surface area contributed by atoms with Gasteiger partial charge in [-0.05, 0) is 48.3 Å². The molecule has 0 spiro atoms. The zero-order valence-corrected chi connectivity index (χ0v) is 14.3. The molecule has 0 bridgehead atoms. The van der Waals surface area contributed by atoms with E-state index in [-0.39, 0.29) is 28.9 Å². The number of hydrogen-bond donors (Lipinski definition) is 3. The Morgan fingerprint density at radius 1 is 1.45 bits per heavy atom. The number of likely N-dealkylation sites (N-methyl/N-ethyl adjacent to an activating group) is 1. The number of carbonyl (C=O) groups is 1. The Morgan fingerprint density at radius 3 is 2.68 bits per heavy atom. The van der Waals surface area contributed by atoms with Crippen LogP contribution in [0, 0.1) is 0 Å². The molecule has 1 aromatic carbocycles. The highest BCUT2D eigenvalue weighted by Gasteiger charge is 2.30. The van der Waals surface area contributed by atoms with E-state index < -0.39 is 5.91 Å². The predicted molar refractivity (Wildman–Crippen MR) is 86.5 cm³/mol. The molecule has 1 heterocycles. The summed E-state index contributed by atoms with van der Waals surface area (Å²) < 4.78 is 5.38. The monoisotopic (exact) mass is 372 g/mol. The van der Waals surface area contributed by atoms with Crippen LogP contribution in [0.15, 0.2) is 4.47 Å². The van der Waals surface area contributed by atoms with Gasteiger partial charge in [0.1, 0.15) is 11.3 Å². The third-order valence-corrected chi connectivity index (χ3v) is 5.09. The largest absolute Gasteiger partial charge is 0.506 e. The maximum absolute atomic E-state index is 11.5. The maximum Gasteiger partial charge on any atom is 0.256 e. The van der Waals surface area contributed by atoms with Crippen molar-refractivity contribution in [3.8, 4) is 17.2 Å². The van der Waals surface area contributed by atoms with Crippen LogP contribution >= 0.6 is 15.9 Å². The summed E-state index contributed by atoms with van der Waals surface area (Å²) >= 11 is 3.27. The third kappa shape index (κ3) is 2.87. The lowest BCUT2D eigenvalue weighted by atomic mass is 9.99. The molecule has 1 aromatic rings. The van der Waals surface area contributed by atoms with Crippen LogP contribution in [-0.2, 0) is 6.42 Å². The SMILES string of the molecule is CCN1CCCC1Cc1c(O)c(OC)c(C(N)=O)c(O)c1Br. The van der Waals surface area contributed by atoms with Gasteiger partial charge in [0.25, 0.3) is 5.91 Å². The number of halogens is 1. The quantitative estimate of drug-likeness (QED) is 0.686. The highest BCUT2D eigenvalue weighted by Crippen LogP contribution is 2.46. The van der Waals surface area contributed by atoms with Gasteiger partial charge in [-0.15, -0.1) is 0 Å². The van der Waals surface area contributed by atoms with Crippen LogP contribution in [0.4, 0.5) is 0 Å². The van der Waals surface area contributed by atoms with Crippen molar-refractivity contribution in [1.82, 2.24) is 4.90 Å². The van der Waals surface area contributed by atoms with Crippen molar-refractivity contribution in [3.05, 3.63) is 15.6 Å². The summed E-state index contributed by atoms with van der Waals surface area (Å²) in [5.41, 5.74) is 5.59. The van der Waals surface area contributed by atoms with E-state index in [0.29, 0.717) is 16.5 Å². The topological polar surface area (TPSA) is 96.0 Å².